The maximum Gasteiger partial charge on any atom is 0.332 e. The number of unbranched alkanes of at least 4 members (excludes halogenated alkanes) is 1. The van der Waals surface area contributed by atoms with E-state index in [1.54, 1.807) is 7.05 Å². The molecule has 0 amide bonds. The zero-order chi connectivity index (χ0) is 18.1. The SMILES string of the molecule is CCCCc1nc2c(c(=O)n(C)c(=O)n2C)n1Cc1cccc(Br)c1. The smallest absolute Gasteiger partial charge is 0.318 e. The molecule has 3 aromatic rings. The summed E-state index contributed by atoms with van der Waals surface area (Å²) in [6.45, 7) is 2.67. The van der Waals surface area contributed by atoms with Crippen LogP contribution >= 0.6 is 15.9 Å². The van der Waals surface area contributed by atoms with Gasteiger partial charge in [0.25, 0.3) is 5.56 Å². The van der Waals surface area contributed by atoms with E-state index in [-0.39, 0.29) is 11.2 Å². The molecule has 132 valence electrons. The van der Waals surface area contributed by atoms with E-state index in [1.807, 2.05) is 28.8 Å². The minimum atomic E-state index is -0.355. The van der Waals surface area contributed by atoms with Gasteiger partial charge >= 0.3 is 5.69 Å². The van der Waals surface area contributed by atoms with Crippen molar-refractivity contribution in [1.82, 2.24) is 18.7 Å². The lowest BCUT2D eigenvalue weighted by Gasteiger charge is -2.10. The summed E-state index contributed by atoms with van der Waals surface area (Å²) in [6.07, 6.45) is 2.80. The maximum atomic E-state index is 12.7. The molecular weight excluding hydrogens is 384 g/mol. The molecule has 0 bridgehead atoms. The van der Waals surface area contributed by atoms with Crippen molar-refractivity contribution in [3.63, 3.8) is 0 Å². The highest BCUT2D eigenvalue weighted by molar-refractivity contribution is 9.10. The van der Waals surface area contributed by atoms with Gasteiger partial charge in [-0.3, -0.25) is 13.9 Å². The summed E-state index contributed by atoms with van der Waals surface area (Å²) in [5.41, 5.74) is 1.35. The lowest BCUT2D eigenvalue weighted by Crippen LogP contribution is -2.37. The fourth-order valence-electron chi connectivity index (χ4n) is 3.01. The summed E-state index contributed by atoms with van der Waals surface area (Å²) in [6, 6.07) is 7.99. The number of aromatic nitrogens is 4. The molecule has 2 aromatic heterocycles. The minimum Gasteiger partial charge on any atom is -0.318 e. The van der Waals surface area contributed by atoms with Gasteiger partial charge in [-0.05, 0) is 24.1 Å². The summed E-state index contributed by atoms with van der Waals surface area (Å²) in [5, 5.41) is 0. The molecule has 0 N–H and O–H groups in total. The predicted octanol–water partition coefficient (Wildman–Crippen LogP) is 2.59. The fourth-order valence-corrected chi connectivity index (χ4v) is 3.45. The zero-order valence-corrected chi connectivity index (χ0v) is 16.2. The molecule has 0 unspecified atom stereocenters. The molecule has 0 aliphatic rings. The molecule has 0 fully saturated rings. The number of aryl methyl sites for hydroxylation is 2. The Bertz CT molecular complexity index is 1050. The number of benzene rings is 1. The highest BCUT2D eigenvalue weighted by Gasteiger charge is 2.19. The highest BCUT2D eigenvalue weighted by atomic mass is 79.9. The standard InChI is InChI=1S/C18H21BrN4O2/c1-4-5-9-14-20-16-15(17(24)22(3)18(25)21(16)2)23(14)11-12-7-6-8-13(19)10-12/h6-8,10H,4-5,9,11H2,1-3H3. The van der Waals surface area contributed by atoms with Crippen molar-refractivity contribution >= 4 is 27.1 Å². The molecule has 0 saturated carbocycles. The van der Waals surface area contributed by atoms with Crippen molar-refractivity contribution in [3.8, 4) is 0 Å². The van der Waals surface area contributed by atoms with Crippen molar-refractivity contribution < 1.29 is 0 Å². The molecular formula is C18H21BrN4O2. The molecule has 7 heteroatoms. The molecule has 0 spiro atoms. The van der Waals surface area contributed by atoms with Crippen molar-refractivity contribution in [2.75, 3.05) is 0 Å². The van der Waals surface area contributed by atoms with Crippen LogP contribution in [0.15, 0.2) is 38.3 Å². The summed E-state index contributed by atoms with van der Waals surface area (Å²) < 4.78 is 5.54. The number of rotatable bonds is 5. The topological polar surface area (TPSA) is 61.8 Å². The second-order valence-electron chi connectivity index (χ2n) is 6.23. The Morgan fingerprint density at radius 2 is 1.92 bits per heavy atom. The first-order chi connectivity index (χ1) is 11.9. The van der Waals surface area contributed by atoms with Gasteiger partial charge in [-0.25, -0.2) is 9.78 Å². The van der Waals surface area contributed by atoms with Crippen molar-refractivity contribution in [3.05, 3.63) is 61.0 Å². The van der Waals surface area contributed by atoms with Gasteiger partial charge in [0.1, 0.15) is 5.82 Å². The maximum absolute atomic E-state index is 12.7. The third-order valence-corrected chi connectivity index (χ3v) is 4.90. The molecule has 0 saturated heterocycles. The molecule has 2 heterocycles. The van der Waals surface area contributed by atoms with E-state index in [0.717, 1.165) is 39.7 Å². The van der Waals surface area contributed by atoms with Crippen LogP contribution in [-0.2, 0) is 27.1 Å². The average Bonchev–Trinajstić information content (AvgIpc) is 2.95. The number of nitrogens with zero attached hydrogens (tertiary/aromatic N) is 4. The van der Waals surface area contributed by atoms with Crippen LogP contribution in [0.4, 0.5) is 0 Å². The Kier molecular flexibility index (Phi) is 4.94. The Morgan fingerprint density at radius 3 is 2.60 bits per heavy atom. The van der Waals surface area contributed by atoms with E-state index >= 15 is 0 Å². The summed E-state index contributed by atoms with van der Waals surface area (Å²) in [5.74, 6) is 0.843. The third kappa shape index (κ3) is 3.20. The molecule has 0 aliphatic carbocycles. The first kappa shape index (κ1) is 17.7. The van der Waals surface area contributed by atoms with E-state index < -0.39 is 0 Å². The van der Waals surface area contributed by atoms with Gasteiger partial charge < -0.3 is 4.57 Å². The van der Waals surface area contributed by atoms with Crippen molar-refractivity contribution in [2.24, 2.45) is 14.1 Å². The largest absolute Gasteiger partial charge is 0.332 e. The van der Waals surface area contributed by atoms with Gasteiger partial charge in [-0.1, -0.05) is 41.4 Å². The summed E-state index contributed by atoms with van der Waals surface area (Å²) in [4.78, 5) is 29.6. The van der Waals surface area contributed by atoms with Gasteiger partial charge in [0.15, 0.2) is 11.2 Å². The van der Waals surface area contributed by atoms with Crippen LogP contribution in [-0.4, -0.2) is 18.7 Å². The molecule has 6 nitrogen and oxygen atoms in total. The first-order valence-corrected chi connectivity index (χ1v) is 9.13. The zero-order valence-electron chi connectivity index (χ0n) is 14.6. The van der Waals surface area contributed by atoms with E-state index in [4.69, 9.17) is 0 Å². The molecule has 3 rings (SSSR count). The number of hydrogen-bond acceptors (Lipinski definition) is 3. The highest BCUT2D eigenvalue weighted by Crippen LogP contribution is 2.18. The average molecular weight is 405 g/mol. The fraction of sp³-hybridized carbons (Fsp3) is 0.389. The lowest BCUT2D eigenvalue weighted by molar-refractivity contribution is 0.683. The molecule has 25 heavy (non-hydrogen) atoms. The van der Waals surface area contributed by atoms with Crippen LogP contribution < -0.4 is 11.2 Å². The van der Waals surface area contributed by atoms with Crippen LogP contribution in [0.1, 0.15) is 31.2 Å². The molecule has 0 aliphatic heterocycles. The second-order valence-corrected chi connectivity index (χ2v) is 7.14. The Labute approximate surface area is 153 Å². The number of halogens is 1. The minimum absolute atomic E-state index is 0.302. The molecule has 1 aromatic carbocycles. The van der Waals surface area contributed by atoms with Crippen LogP contribution in [0.25, 0.3) is 11.2 Å². The Morgan fingerprint density at radius 1 is 1.16 bits per heavy atom. The number of imidazole rings is 1. The Balaban J connectivity index is 2.26. The van der Waals surface area contributed by atoms with Gasteiger partial charge in [-0.2, -0.15) is 0 Å². The Hall–Kier alpha value is -2.15. The molecule has 0 radical (unpaired) electrons. The molecule has 0 atom stereocenters. The van der Waals surface area contributed by atoms with Gasteiger partial charge in [0.05, 0.1) is 0 Å². The number of fused-ring (bicyclic) bond motifs is 1. The van der Waals surface area contributed by atoms with Crippen LogP contribution in [0.5, 0.6) is 0 Å². The van der Waals surface area contributed by atoms with Gasteiger partial charge in [0.2, 0.25) is 0 Å². The quantitative estimate of drug-likeness (QED) is 0.656. The lowest BCUT2D eigenvalue weighted by atomic mass is 10.2. The summed E-state index contributed by atoms with van der Waals surface area (Å²) >= 11 is 3.49. The van der Waals surface area contributed by atoms with Crippen LogP contribution in [0, 0.1) is 0 Å². The second kappa shape index (κ2) is 7.00. The van der Waals surface area contributed by atoms with E-state index in [0.29, 0.717) is 17.7 Å². The van der Waals surface area contributed by atoms with Gasteiger partial charge in [0, 0.05) is 31.5 Å². The van der Waals surface area contributed by atoms with E-state index in [1.165, 1.54) is 11.6 Å². The van der Waals surface area contributed by atoms with Gasteiger partial charge in [-0.15, -0.1) is 0 Å². The van der Waals surface area contributed by atoms with Crippen LogP contribution in [0.3, 0.4) is 0 Å². The number of hydrogen-bond donors (Lipinski definition) is 0. The van der Waals surface area contributed by atoms with E-state index in [9.17, 15) is 9.59 Å². The van der Waals surface area contributed by atoms with Crippen LogP contribution in [0.2, 0.25) is 0 Å². The van der Waals surface area contributed by atoms with Crippen molar-refractivity contribution in [1.29, 1.82) is 0 Å². The third-order valence-electron chi connectivity index (χ3n) is 4.41. The predicted molar refractivity (Wildman–Crippen MR) is 102 cm³/mol. The summed E-state index contributed by atoms with van der Waals surface area (Å²) in [7, 11) is 3.16. The van der Waals surface area contributed by atoms with Crippen molar-refractivity contribution in [2.45, 2.75) is 32.7 Å². The first-order valence-electron chi connectivity index (χ1n) is 8.33. The monoisotopic (exact) mass is 404 g/mol. The van der Waals surface area contributed by atoms with E-state index in [2.05, 4.69) is 27.8 Å². The normalized spacial score (nSPS) is 11.4.